The molecule has 0 bridgehead atoms. The SMILES string of the molecule is Cc1c(Cl)c(=O)oc2cc(OP(=O)(O)O)c(CCCl)c(CCCl)c12. The van der Waals surface area contributed by atoms with Crippen molar-refractivity contribution in [1.29, 1.82) is 0 Å². The van der Waals surface area contributed by atoms with Crippen molar-refractivity contribution in [1.82, 2.24) is 0 Å². The zero-order valence-electron chi connectivity index (χ0n) is 12.5. The molecule has 132 valence electrons. The number of halogens is 3. The van der Waals surface area contributed by atoms with E-state index in [0.29, 0.717) is 28.5 Å². The van der Waals surface area contributed by atoms with E-state index < -0.39 is 13.4 Å². The van der Waals surface area contributed by atoms with E-state index in [1.807, 2.05) is 0 Å². The van der Waals surface area contributed by atoms with E-state index in [1.54, 1.807) is 6.92 Å². The molecule has 0 spiro atoms. The molecule has 0 aliphatic heterocycles. The standard InChI is InChI=1S/C14H14Cl3O6P/c1-7-12-9(3-5-16)8(2-4-15)10(23-24(19,20)21)6-11(12)22-14(18)13(7)17/h6H,2-5H2,1H3,(H2,19,20,21). The van der Waals surface area contributed by atoms with Gasteiger partial charge in [-0.15, -0.1) is 23.2 Å². The first-order chi connectivity index (χ1) is 11.2. The van der Waals surface area contributed by atoms with Crippen LogP contribution >= 0.6 is 42.6 Å². The van der Waals surface area contributed by atoms with Gasteiger partial charge in [0.2, 0.25) is 0 Å². The van der Waals surface area contributed by atoms with Crippen LogP contribution in [0.2, 0.25) is 5.02 Å². The minimum absolute atomic E-state index is 0.0567. The first-order valence-electron chi connectivity index (χ1n) is 6.84. The molecule has 0 saturated heterocycles. The van der Waals surface area contributed by atoms with Crippen LogP contribution in [0.3, 0.4) is 0 Å². The molecule has 0 radical (unpaired) electrons. The van der Waals surface area contributed by atoms with Gasteiger partial charge >= 0.3 is 13.4 Å². The first kappa shape index (κ1) is 19.6. The Hall–Kier alpha value is -0.750. The zero-order valence-corrected chi connectivity index (χ0v) is 15.7. The van der Waals surface area contributed by atoms with E-state index in [0.717, 1.165) is 0 Å². The quantitative estimate of drug-likeness (QED) is 0.423. The van der Waals surface area contributed by atoms with Crippen molar-refractivity contribution in [2.45, 2.75) is 19.8 Å². The van der Waals surface area contributed by atoms with Gasteiger partial charge in [0.05, 0.1) is 0 Å². The summed E-state index contributed by atoms with van der Waals surface area (Å²) >= 11 is 17.7. The molecule has 1 aromatic carbocycles. The fourth-order valence-electron chi connectivity index (χ4n) is 2.57. The summed E-state index contributed by atoms with van der Waals surface area (Å²) in [6, 6.07) is 1.26. The summed E-state index contributed by atoms with van der Waals surface area (Å²) in [6.45, 7) is 1.66. The van der Waals surface area contributed by atoms with E-state index in [9.17, 15) is 9.36 Å². The van der Waals surface area contributed by atoms with E-state index in [2.05, 4.69) is 0 Å². The van der Waals surface area contributed by atoms with E-state index in [1.165, 1.54) is 6.07 Å². The van der Waals surface area contributed by atoms with Crippen molar-refractivity contribution in [3.63, 3.8) is 0 Å². The van der Waals surface area contributed by atoms with Gasteiger partial charge < -0.3 is 8.94 Å². The van der Waals surface area contributed by atoms with Crippen LogP contribution in [0.4, 0.5) is 0 Å². The second kappa shape index (κ2) is 7.65. The molecule has 0 aliphatic rings. The molecule has 1 heterocycles. The van der Waals surface area contributed by atoms with Crippen LogP contribution in [0, 0.1) is 6.92 Å². The molecule has 2 N–H and O–H groups in total. The van der Waals surface area contributed by atoms with Crippen LogP contribution in [-0.2, 0) is 17.4 Å². The third-order valence-electron chi connectivity index (χ3n) is 3.46. The average molecular weight is 416 g/mol. The summed E-state index contributed by atoms with van der Waals surface area (Å²) < 4.78 is 21.2. The number of alkyl halides is 2. The minimum atomic E-state index is -4.81. The third-order valence-corrected chi connectivity index (χ3v) is 4.71. The van der Waals surface area contributed by atoms with Crippen LogP contribution in [0.5, 0.6) is 5.75 Å². The monoisotopic (exact) mass is 414 g/mol. The smallest absolute Gasteiger partial charge is 0.421 e. The number of hydrogen-bond acceptors (Lipinski definition) is 4. The van der Waals surface area contributed by atoms with Crippen molar-refractivity contribution >= 4 is 53.6 Å². The van der Waals surface area contributed by atoms with Crippen LogP contribution in [0.25, 0.3) is 11.0 Å². The molecule has 0 aliphatic carbocycles. The number of phosphoric ester groups is 1. The van der Waals surface area contributed by atoms with Crippen LogP contribution in [0.15, 0.2) is 15.3 Å². The Kier molecular flexibility index (Phi) is 6.24. The lowest BCUT2D eigenvalue weighted by atomic mass is 9.95. The highest BCUT2D eigenvalue weighted by Crippen LogP contribution is 2.43. The second-order valence-corrected chi connectivity index (χ2v) is 7.29. The van der Waals surface area contributed by atoms with Crippen molar-refractivity contribution in [2.75, 3.05) is 11.8 Å². The van der Waals surface area contributed by atoms with Gasteiger partial charge in [-0.25, -0.2) is 9.36 Å². The van der Waals surface area contributed by atoms with Crippen molar-refractivity contribution in [2.24, 2.45) is 0 Å². The molecular weight excluding hydrogens is 401 g/mol. The molecule has 0 atom stereocenters. The predicted octanol–water partition coefficient (Wildman–Crippen LogP) is 3.79. The molecule has 0 amide bonds. The Morgan fingerprint density at radius 2 is 1.79 bits per heavy atom. The number of fused-ring (bicyclic) bond motifs is 1. The highest BCUT2D eigenvalue weighted by atomic mass is 35.5. The summed E-state index contributed by atoms with van der Waals surface area (Å²) in [4.78, 5) is 30.0. The molecule has 0 fully saturated rings. The van der Waals surface area contributed by atoms with Gasteiger partial charge in [0.15, 0.2) is 0 Å². The maximum Gasteiger partial charge on any atom is 0.524 e. The lowest BCUT2D eigenvalue weighted by molar-refractivity contribution is 0.282. The fourth-order valence-corrected chi connectivity index (χ4v) is 3.50. The van der Waals surface area contributed by atoms with Crippen molar-refractivity contribution in [3.8, 4) is 5.75 Å². The fraction of sp³-hybridized carbons (Fsp3) is 0.357. The average Bonchev–Trinajstić information content (AvgIpc) is 2.47. The van der Waals surface area contributed by atoms with Crippen molar-refractivity contribution < 1.29 is 23.3 Å². The maximum absolute atomic E-state index is 11.8. The molecule has 0 unspecified atom stereocenters. The Bertz CT molecular complexity index is 873. The van der Waals surface area contributed by atoms with Gasteiger partial charge in [-0.05, 0) is 30.9 Å². The van der Waals surface area contributed by atoms with Crippen molar-refractivity contribution in [3.05, 3.63) is 38.2 Å². The molecule has 2 rings (SSSR count). The number of benzene rings is 1. The first-order valence-corrected chi connectivity index (χ1v) is 9.82. The summed E-state index contributed by atoms with van der Waals surface area (Å²) in [7, 11) is -4.81. The highest BCUT2D eigenvalue weighted by Gasteiger charge is 2.24. The van der Waals surface area contributed by atoms with Gasteiger partial charge in [0.25, 0.3) is 0 Å². The van der Waals surface area contributed by atoms with Gasteiger partial charge in [0.1, 0.15) is 16.4 Å². The van der Waals surface area contributed by atoms with Crippen LogP contribution in [-0.4, -0.2) is 21.5 Å². The highest BCUT2D eigenvalue weighted by molar-refractivity contribution is 7.46. The Morgan fingerprint density at radius 1 is 1.21 bits per heavy atom. The molecular formula is C14H14Cl3O6P. The van der Waals surface area contributed by atoms with E-state index in [-0.39, 0.29) is 34.5 Å². The summed E-state index contributed by atoms with van der Waals surface area (Å²) in [5, 5.41) is 0.511. The molecule has 1 aromatic heterocycles. The number of hydrogen-bond donors (Lipinski definition) is 2. The third kappa shape index (κ3) is 4.07. The molecule has 24 heavy (non-hydrogen) atoms. The van der Waals surface area contributed by atoms with Crippen LogP contribution < -0.4 is 10.1 Å². The summed E-state index contributed by atoms with van der Waals surface area (Å²) in [5.41, 5.74) is 1.00. The van der Waals surface area contributed by atoms with E-state index >= 15 is 0 Å². The molecule has 0 saturated carbocycles. The Balaban J connectivity index is 2.92. The summed E-state index contributed by atoms with van der Waals surface area (Å²) in [5.74, 6) is 0.336. The predicted molar refractivity (Wildman–Crippen MR) is 93.8 cm³/mol. The largest absolute Gasteiger partial charge is 0.524 e. The number of rotatable bonds is 6. The lowest BCUT2D eigenvalue weighted by Gasteiger charge is -2.18. The van der Waals surface area contributed by atoms with Gasteiger partial charge in [-0.2, -0.15) is 0 Å². The normalized spacial score (nSPS) is 11.9. The zero-order chi connectivity index (χ0) is 18.1. The summed E-state index contributed by atoms with van der Waals surface area (Å²) in [6.07, 6.45) is 0.642. The molecule has 10 heteroatoms. The Morgan fingerprint density at radius 3 is 2.33 bits per heavy atom. The lowest BCUT2D eigenvalue weighted by Crippen LogP contribution is -2.08. The molecule has 6 nitrogen and oxygen atoms in total. The molecule has 2 aromatic rings. The van der Waals surface area contributed by atoms with Gasteiger partial charge in [-0.3, -0.25) is 9.79 Å². The Labute approximate surface area is 152 Å². The van der Waals surface area contributed by atoms with E-state index in [4.69, 9.17) is 53.5 Å². The van der Waals surface area contributed by atoms with Crippen LogP contribution in [0.1, 0.15) is 16.7 Å². The maximum atomic E-state index is 11.8. The number of aryl methyl sites for hydroxylation is 2. The topological polar surface area (TPSA) is 97.0 Å². The van der Waals surface area contributed by atoms with Gasteiger partial charge in [-0.1, -0.05) is 11.6 Å². The second-order valence-electron chi connectivity index (χ2n) is 4.99. The minimum Gasteiger partial charge on any atom is -0.421 e. The van der Waals surface area contributed by atoms with Gasteiger partial charge in [0, 0.05) is 28.8 Å². The number of phosphoric acid groups is 1.